The molecule has 1 heterocycles. The number of rotatable bonds is 1. The Labute approximate surface area is 118 Å². The predicted octanol–water partition coefficient (Wildman–Crippen LogP) is 4.15. The van der Waals surface area contributed by atoms with Crippen LogP contribution in [0.5, 0.6) is 0 Å². The molecule has 1 aromatic carbocycles. The SMILES string of the molecule is CC(C)OC(=O)N1C=CC=Cc2ccc3c(c21)C=CC3. The van der Waals surface area contributed by atoms with Crippen molar-refractivity contribution >= 4 is 23.9 Å². The zero-order valence-electron chi connectivity index (χ0n) is 11.7. The number of benzene rings is 1. The molecule has 1 aliphatic heterocycles. The van der Waals surface area contributed by atoms with Gasteiger partial charge in [0.1, 0.15) is 0 Å². The zero-order chi connectivity index (χ0) is 14.1. The van der Waals surface area contributed by atoms with Gasteiger partial charge < -0.3 is 4.74 Å². The molecule has 0 spiro atoms. The molecule has 3 rings (SSSR count). The van der Waals surface area contributed by atoms with Crippen molar-refractivity contribution in [2.75, 3.05) is 4.90 Å². The second kappa shape index (κ2) is 5.00. The van der Waals surface area contributed by atoms with Crippen LogP contribution in [0.25, 0.3) is 12.2 Å². The Bertz CT molecular complexity index is 639. The molecule has 0 radical (unpaired) electrons. The normalized spacial score (nSPS) is 15.2. The first-order chi connectivity index (χ1) is 9.66. The number of hydrogen-bond donors (Lipinski definition) is 0. The van der Waals surface area contributed by atoms with Crippen molar-refractivity contribution in [1.82, 2.24) is 0 Å². The van der Waals surface area contributed by atoms with Crippen molar-refractivity contribution < 1.29 is 9.53 Å². The van der Waals surface area contributed by atoms with Gasteiger partial charge in [0.25, 0.3) is 0 Å². The Kier molecular flexibility index (Phi) is 3.18. The summed E-state index contributed by atoms with van der Waals surface area (Å²) >= 11 is 0. The van der Waals surface area contributed by atoms with Crippen LogP contribution in [0.4, 0.5) is 10.5 Å². The molecule has 0 N–H and O–H groups in total. The second-order valence-corrected chi connectivity index (χ2v) is 5.19. The van der Waals surface area contributed by atoms with Gasteiger partial charge in [0.15, 0.2) is 0 Å². The Morgan fingerprint density at radius 2 is 2.10 bits per heavy atom. The number of anilines is 1. The average molecular weight is 267 g/mol. The van der Waals surface area contributed by atoms with Crippen molar-refractivity contribution in [3.8, 4) is 0 Å². The molecule has 0 unspecified atom stereocenters. The van der Waals surface area contributed by atoms with Crippen molar-refractivity contribution in [3.05, 3.63) is 53.3 Å². The molecule has 0 fully saturated rings. The molecule has 0 saturated heterocycles. The van der Waals surface area contributed by atoms with E-state index in [2.05, 4.69) is 24.3 Å². The number of carbonyl (C=O) groups is 1. The smallest absolute Gasteiger partial charge is 0.418 e. The summed E-state index contributed by atoms with van der Waals surface area (Å²) in [6.07, 6.45) is 12.2. The van der Waals surface area contributed by atoms with E-state index in [1.165, 1.54) is 5.56 Å². The van der Waals surface area contributed by atoms with Gasteiger partial charge in [-0.05, 0) is 37.5 Å². The number of fused-ring (bicyclic) bond motifs is 3. The van der Waals surface area contributed by atoms with Gasteiger partial charge in [-0.1, -0.05) is 36.4 Å². The van der Waals surface area contributed by atoms with Gasteiger partial charge >= 0.3 is 6.09 Å². The maximum absolute atomic E-state index is 12.3. The summed E-state index contributed by atoms with van der Waals surface area (Å²) in [7, 11) is 0. The van der Waals surface area contributed by atoms with Crippen molar-refractivity contribution in [2.24, 2.45) is 0 Å². The van der Waals surface area contributed by atoms with E-state index in [1.54, 1.807) is 11.1 Å². The number of hydrogen-bond acceptors (Lipinski definition) is 2. The van der Waals surface area contributed by atoms with E-state index in [9.17, 15) is 4.79 Å². The molecule has 0 atom stereocenters. The van der Waals surface area contributed by atoms with E-state index in [0.717, 1.165) is 23.2 Å². The van der Waals surface area contributed by atoms with Gasteiger partial charge in [0.05, 0.1) is 11.8 Å². The molecule has 0 bridgehead atoms. The summed E-state index contributed by atoms with van der Waals surface area (Å²) in [5, 5.41) is 0. The van der Waals surface area contributed by atoms with Crippen LogP contribution < -0.4 is 4.90 Å². The first-order valence-electron chi connectivity index (χ1n) is 6.84. The van der Waals surface area contributed by atoms with Gasteiger partial charge in [0, 0.05) is 11.8 Å². The number of carbonyl (C=O) groups excluding carboxylic acids is 1. The van der Waals surface area contributed by atoms with Crippen LogP contribution in [-0.4, -0.2) is 12.2 Å². The molecule has 1 amide bonds. The van der Waals surface area contributed by atoms with E-state index >= 15 is 0 Å². The third-order valence-electron chi connectivity index (χ3n) is 3.36. The highest BCUT2D eigenvalue weighted by Gasteiger charge is 2.24. The first-order valence-corrected chi connectivity index (χ1v) is 6.84. The number of amides is 1. The largest absolute Gasteiger partial charge is 0.446 e. The van der Waals surface area contributed by atoms with Crippen molar-refractivity contribution in [2.45, 2.75) is 26.4 Å². The molecule has 0 saturated carbocycles. The summed E-state index contributed by atoms with van der Waals surface area (Å²) < 4.78 is 5.35. The van der Waals surface area contributed by atoms with Crippen LogP contribution >= 0.6 is 0 Å². The topological polar surface area (TPSA) is 29.5 Å². The summed E-state index contributed by atoms with van der Waals surface area (Å²) in [5.74, 6) is 0. The summed E-state index contributed by atoms with van der Waals surface area (Å²) in [5.41, 5.74) is 4.29. The number of allylic oxidation sites excluding steroid dienone is 3. The number of nitrogens with zero attached hydrogens (tertiary/aromatic N) is 1. The highest BCUT2D eigenvalue weighted by molar-refractivity contribution is 5.97. The Hall–Kier alpha value is -2.29. The fraction of sp³-hybridized carbons (Fsp3) is 0.235. The van der Waals surface area contributed by atoms with Crippen molar-refractivity contribution in [1.29, 1.82) is 0 Å². The van der Waals surface area contributed by atoms with Crippen LogP contribution in [-0.2, 0) is 11.2 Å². The maximum atomic E-state index is 12.3. The molecule has 2 aliphatic rings. The molecule has 0 aromatic heterocycles. The fourth-order valence-corrected chi connectivity index (χ4v) is 2.52. The van der Waals surface area contributed by atoms with Gasteiger partial charge in [0.2, 0.25) is 0 Å². The first kappa shape index (κ1) is 12.7. The Balaban J connectivity index is 2.10. The predicted molar refractivity (Wildman–Crippen MR) is 81.5 cm³/mol. The van der Waals surface area contributed by atoms with Gasteiger partial charge in [-0.3, -0.25) is 4.90 Å². The molecule has 3 heteroatoms. The highest BCUT2D eigenvalue weighted by atomic mass is 16.6. The van der Waals surface area contributed by atoms with Crippen LogP contribution in [0.1, 0.15) is 30.5 Å². The van der Waals surface area contributed by atoms with E-state index in [4.69, 9.17) is 4.74 Å². The van der Waals surface area contributed by atoms with Gasteiger partial charge in [-0.2, -0.15) is 0 Å². The molecular formula is C17H17NO2. The minimum Gasteiger partial charge on any atom is -0.446 e. The average Bonchev–Trinajstić information content (AvgIpc) is 2.76. The van der Waals surface area contributed by atoms with Crippen LogP contribution in [0.2, 0.25) is 0 Å². The van der Waals surface area contributed by atoms with Gasteiger partial charge in [-0.15, -0.1) is 0 Å². The van der Waals surface area contributed by atoms with Gasteiger partial charge in [-0.25, -0.2) is 4.79 Å². The second-order valence-electron chi connectivity index (χ2n) is 5.19. The van der Waals surface area contributed by atoms with E-state index in [1.807, 2.05) is 32.1 Å². The zero-order valence-corrected chi connectivity index (χ0v) is 11.7. The lowest BCUT2D eigenvalue weighted by Crippen LogP contribution is -2.29. The Morgan fingerprint density at radius 3 is 2.90 bits per heavy atom. The fourth-order valence-electron chi connectivity index (χ4n) is 2.52. The minimum atomic E-state index is -0.338. The van der Waals surface area contributed by atoms with Crippen LogP contribution in [0.15, 0.2) is 36.6 Å². The molecule has 1 aliphatic carbocycles. The van der Waals surface area contributed by atoms with E-state index < -0.39 is 0 Å². The van der Waals surface area contributed by atoms with Crippen LogP contribution in [0, 0.1) is 0 Å². The lowest BCUT2D eigenvalue weighted by atomic mass is 10.0. The molecule has 1 aromatic rings. The summed E-state index contributed by atoms with van der Waals surface area (Å²) in [6, 6.07) is 4.18. The maximum Gasteiger partial charge on any atom is 0.418 e. The monoisotopic (exact) mass is 267 g/mol. The summed E-state index contributed by atoms with van der Waals surface area (Å²) in [4.78, 5) is 13.9. The molecule has 102 valence electrons. The quantitative estimate of drug-likeness (QED) is 0.765. The minimum absolute atomic E-state index is 0.136. The third-order valence-corrected chi connectivity index (χ3v) is 3.36. The molecule has 3 nitrogen and oxygen atoms in total. The van der Waals surface area contributed by atoms with Crippen LogP contribution in [0.3, 0.4) is 0 Å². The van der Waals surface area contributed by atoms with E-state index in [-0.39, 0.29) is 12.2 Å². The van der Waals surface area contributed by atoms with Crippen molar-refractivity contribution in [3.63, 3.8) is 0 Å². The lowest BCUT2D eigenvalue weighted by Gasteiger charge is -2.23. The van der Waals surface area contributed by atoms with E-state index in [0.29, 0.717) is 0 Å². The highest BCUT2D eigenvalue weighted by Crippen LogP contribution is 2.36. The molecule has 20 heavy (non-hydrogen) atoms. The third kappa shape index (κ3) is 2.16. The number of ether oxygens (including phenoxy) is 1. The standard InChI is InChI=1S/C17H17NO2/c1-12(2)20-17(19)18-11-4-3-6-14-10-9-13-7-5-8-15(13)16(14)18/h3-6,8-12H,7H2,1-2H3. The lowest BCUT2D eigenvalue weighted by molar-refractivity contribution is 0.125. The Morgan fingerprint density at radius 1 is 1.25 bits per heavy atom. The molecular weight excluding hydrogens is 250 g/mol. The summed E-state index contributed by atoms with van der Waals surface area (Å²) in [6.45, 7) is 3.71.